The number of hydrogen-bond acceptors (Lipinski definition) is 2. The number of benzene rings is 1. The van der Waals surface area contributed by atoms with E-state index in [4.69, 9.17) is 4.74 Å². The highest BCUT2D eigenvalue weighted by Crippen LogP contribution is 2.33. The zero-order valence-corrected chi connectivity index (χ0v) is 12.3. The number of nitrogens with one attached hydrogen (secondary N) is 1. The van der Waals surface area contributed by atoms with Crippen LogP contribution in [0.3, 0.4) is 0 Å². The molecule has 3 rings (SSSR count). The Labute approximate surface area is 128 Å². The van der Waals surface area contributed by atoms with E-state index in [1.807, 2.05) is 0 Å². The van der Waals surface area contributed by atoms with Gasteiger partial charge in [-0.15, -0.1) is 12.4 Å². The number of hydrogen-bond donors (Lipinski definition) is 1. The third-order valence-electron chi connectivity index (χ3n) is 4.23. The van der Waals surface area contributed by atoms with Crippen molar-refractivity contribution in [1.82, 2.24) is 5.32 Å². The first-order valence-corrected chi connectivity index (χ1v) is 7.05. The molecule has 2 saturated heterocycles. The fraction of sp³-hybridized carbons (Fsp3) is 0.600. The summed E-state index contributed by atoms with van der Waals surface area (Å²) in [4.78, 5) is 0. The molecule has 1 aromatic carbocycles. The van der Waals surface area contributed by atoms with E-state index in [9.17, 15) is 13.2 Å². The number of ether oxygens (including phenoxy) is 1. The summed E-state index contributed by atoms with van der Waals surface area (Å²) in [7, 11) is 0. The maximum Gasteiger partial charge on any atom is 0.416 e. The van der Waals surface area contributed by atoms with E-state index in [0.717, 1.165) is 31.7 Å². The van der Waals surface area contributed by atoms with Crippen LogP contribution in [0.4, 0.5) is 13.2 Å². The predicted molar refractivity (Wildman–Crippen MR) is 76.4 cm³/mol. The van der Waals surface area contributed by atoms with Crippen LogP contribution in [-0.2, 0) is 17.5 Å². The lowest BCUT2D eigenvalue weighted by Gasteiger charge is -2.29. The van der Waals surface area contributed by atoms with Gasteiger partial charge in [-0.1, -0.05) is 18.2 Å². The van der Waals surface area contributed by atoms with Gasteiger partial charge in [0.2, 0.25) is 0 Å². The molecule has 2 nitrogen and oxygen atoms in total. The summed E-state index contributed by atoms with van der Waals surface area (Å²) < 4.78 is 44.4. The Bertz CT molecular complexity index is 468. The molecule has 2 atom stereocenters. The van der Waals surface area contributed by atoms with Crippen molar-refractivity contribution in [3.63, 3.8) is 0 Å². The molecule has 2 aliphatic rings. The maximum absolute atomic E-state index is 12.9. The molecular weight excluding hydrogens is 303 g/mol. The maximum atomic E-state index is 12.9. The second-order valence-corrected chi connectivity index (χ2v) is 5.70. The molecule has 21 heavy (non-hydrogen) atoms. The van der Waals surface area contributed by atoms with E-state index < -0.39 is 11.7 Å². The van der Waals surface area contributed by atoms with Gasteiger partial charge in [-0.05, 0) is 37.3 Å². The lowest BCUT2D eigenvalue weighted by Crippen LogP contribution is -2.41. The highest BCUT2D eigenvalue weighted by molar-refractivity contribution is 5.85. The quantitative estimate of drug-likeness (QED) is 0.911. The van der Waals surface area contributed by atoms with Crippen molar-refractivity contribution in [2.75, 3.05) is 0 Å². The molecule has 2 fully saturated rings. The van der Waals surface area contributed by atoms with Crippen LogP contribution >= 0.6 is 12.4 Å². The highest BCUT2D eigenvalue weighted by Gasteiger charge is 2.35. The van der Waals surface area contributed by atoms with Gasteiger partial charge in [0.05, 0.1) is 18.3 Å². The van der Waals surface area contributed by atoms with Crippen molar-refractivity contribution >= 4 is 12.4 Å². The topological polar surface area (TPSA) is 21.3 Å². The zero-order valence-electron chi connectivity index (χ0n) is 11.5. The SMILES string of the molecule is Cl.FC(F)(F)c1ccccc1COC1CC2CCC(C1)N2. The molecule has 1 N–H and O–H groups in total. The predicted octanol–water partition coefficient (Wildman–Crippen LogP) is 3.93. The third-order valence-corrected chi connectivity index (χ3v) is 4.23. The standard InChI is InChI=1S/C15H18F3NO.ClH/c16-15(17,18)14-4-2-1-3-10(14)9-20-13-7-11-5-6-12(8-13)19-11;/h1-4,11-13,19H,5-9H2;1H. The summed E-state index contributed by atoms with van der Waals surface area (Å²) >= 11 is 0. The number of rotatable bonds is 3. The van der Waals surface area contributed by atoms with Crippen LogP contribution in [0.2, 0.25) is 0 Å². The fourth-order valence-electron chi connectivity index (χ4n) is 3.27. The summed E-state index contributed by atoms with van der Waals surface area (Å²) in [6.45, 7) is 0.0415. The van der Waals surface area contributed by atoms with Crippen LogP contribution in [0, 0.1) is 0 Å². The first-order chi connectivity index (χ1) is 9.52. The summed E-state index contributed by atoms with van der Waals surface area (Å²) in [6, 6.07) is 6.62. The minimum atomic E-state index is -4.31. The molecule has 2 heterocycles. The van der Waals surface area contributed by atoms with Crippen LogP contribution < -0.4 is 5.32 Å². The Morgan fingerprint density at radius 3 is 2.33 bits per heavy atom. The Balaban J connectivity index is 0.00000161. The number of alkyl halides is 3. The molecule has 0 saturated carbocycles. The van der Waals surface area contributed by atoms with E-state index in [1.165, 1.54) is 12.1 Å². The Kier molecular flexibility index (Phi) is 5.17. The molecule has 1 aromatic rings. The first-order valence-electron chi connectivity index (χ1n) is 7.05. The minimum Gasteiger partial charge on any atom is -0.373 e. The normalized spacial score (nSPS) is 28.2. The van der Waals surface area contributed by atoms with E-state index in [2.05, 4.69) is 5.32 Å². The largest absolute Gasteiger partial charge is 0.416 e. The van der Waals surface area contributed by atoms with Crippen LogP contribution in [-0.4, -0.2) is 18.2 Å². The molecule has 2 bridgehead atoms. The second kappa shape index (κ2) is 6.55. The Morgan fingerprint density at radius 2 is 1.71 bits per heavy atom. The van der Waals surface area contributed by atoms with Crippen LogP contribution in [0.15, 0.2) is 24.3 Å². The second-order valence-electron chi connectivity index (χ2n) is 5.70. The Morgan fingerprint density at radius 1 is 1.10 bits per heavy atom. The van der Waals surface area contributed by atoms with Crippen LogP contribution in [0.1, 0.15) is 36.8 Å². The van der Waals surface area contributed by atoms with Crippen LogP contribution in [0.5, 0.6) is 0 Å². The molecule has 0 radical (unpaired) electrons. The monoisotopic (exact) mass is 321 g/mol. The summed E-state index contributed by atoms with van der Waals surface area (Å²) in [5.74, 6) is 0. The lowest BCUT2D eigenvalue weighted by molar-refractivity contribution is -0.139. The number of piperidine rings is 1. The van der Waals surface area contributed by atoms with Gasteiger partial charge in [-0.3, -0.25) is 0 Å². The smallest absolute Gasteiger partial charge is 0.373 e. The number of halogens is 4. The van der Waals surface area contributed by atoms with Crippen molar-refractivity contribution in [1.29, 1.82) is 0 Å². The van der Waals surface area contributed by atoms with Crippen molar-refractivity contribution in [2.45, 2.75) is 56.7 Å². The van der Waals surface area contributed by atoms with Gasteiger partial charge in [-0.25, -0.2) is 0 Å². The minimum absolute atomic E-state index is 0. The number of fused-ring (bicyclic) bond motifs is 2. The van der Waals surface area contributed by atoms with E-state index in [1.54, 1.807) is 6.07 Å². The van der Waals surface area contributed by atoms with Gasteiger partial charge >= 0.3 is 6.18 Å². The van der Waals surface area contributed by atoms with Crippen molar-refractivity contribution in [2.24, 2.45) is 0 Å². The van der Waals surface area contributed by atoms with Gasteiger partial charge < -0.3 is 10.1 Å². The van der Waals surface area contributed by atoms with Crippen molar-refractivity contribution in [3.05, 3.63) is 35.4 Å². The van der Waals surface area contributed by atoms with Crippen molar-refractivity contribution in [3.8, 4) is 0 Å². The van der Waals surface area contributed by atoms with Gasteiger partial charge in [0.15, 0.2) is 0 Å². The zero-order chi connectivity index (χ0) is 14.2. The molecular formula is C15H19ClF3NO. The van der Waals surface area contributed by atoms with Gasteiger partial charge in [-0.2, -0.15) is 13.2 Å². The molecule has 0 amide bonds. The lowest BCUT2D eigenvalue weighted by atomic mass is 10.0. The molecule has 0 spiro atoms. The Hall–Kier alpha value is -0.780. The van der Waals surface area contributed by atoms with Crippen molar-refractivity contribution < 1.29 is 17.9 Å². The molecule has 2 unspecified atom stereocenters. The fourth-order valence-corrected chi connectivity index (χ4v) is 3.27. The molecule has 6 heteroatoms. The van der Waals surface area contributed by atoms with Gasteiger partial charge in [0.25, 0.3) is 0 Å². The summed E-state index contributed by atoms with van der Waals surface area (Å²) in [6.07, 6.45) is -0.106. The van der Waals surface area contributed by atoms with Gasteiger partial charge in [0, 0.05) is 12.1 Å². The summed E-state index contributed by atoms with van der Waals surface area (Å²) in [5.41, 5.74) is -0.359. The summed E-state index contributed by atoms with van der Waals surface area (Å²) in [5, 5.41) is 3.49. The molecule has 118 valence electrons. The van der Waals surface area contributed by atoms with E-state index >= 15 is 0 Å². The average Bonchev–Trinajstić information content (AvgIpc) is 2.75. The first kappa shape index (κ1) is 16.6. The van der Waals surface area contributed by atoms with E-state index in [-0.39, 0.29) is 30.7 Å². The van der Waals surface area contributed by atoms with Gasteiger partial charge in [0.1, 0.15) is 0 Å². The molecule has 0 aliphatic carbocycles. The average molecular weight is 322 g/mol. The van der Waals surface area contributed by atoms with E-state index in [0.29, 0.717) is 12.1 Å². The highest BCUT2D eigenvalue weighted by atomic mass is 35.5. The molecule has 2 aliphatic heterocycles. The third kappa shape index (κ3) is 3.90. The molecule has 0 aromatic heterocycles. The van der Waals surface area contributed by atoms with Crippen LogP contribution in [0.25, 0.3) is 0 Å².